The summed E-state index contributed by atoms with van der Waals surface area (Å²) in [6, 6.07) is 1.72. The minimum Gasteiger partial charge on any atom is -0.338 e. The molecule has 0 atom stereocenters. The van der Waals surface area contributed by atoms with Crippen LogP contribution in [0.2, 0.25) is 0 Å². The molecule has 2 rings (SSSR count). The zero-order chi connectivity index (χ0) is 11.5. The summed E-state index contributed by atoms with van der Waals surface area (Å²) in [6.45, 7) is 4.01. The number of carbonyl (C=O) groups is 1. The van der Waals surface area contributed by atoms with Crippen LogP contribution >= 0.6 is 11.3 Å². The molecule has 0 unspecified atom stereocenters. The Morgan fingerprint density at radius 3 is 2.94 bits per heavy atom. The van der Waals surface area contributed by atoms with Crippen molar-refractivity contribution in [2.24, 2.45) is 0 Å². The van der Waals surface area contributed by atoms with Crippen LogP contribution < -0.4 is 5.32 Å². The summed E-state index contributed by atoms with van der Waals surface area (Å²) in [5.41, 5.74) is 2.80. The molecule has 5 nitrogen and oxygen atoms in total. The van der Waals surface area contributed by atoms with Crippen molar-refractivity contribution in [3.63, 3.8) is 0 Å². The zero-order valence-corrected chi connectivity index (χ0v) is 9.75. The second-order valence-corrected chi connectivity index (χ2v) is 4.32. The quantitative estimate of drug-likeness (QED) is 0.890. The van der Waals surface area contributed by atoms with Crippen LogP contribution in [-0.2, 0) is 0 Å². The molecular weight excluding hydrogens is 226 g/mol. The molecule has 2 aromatic heterocycles. The molecule has 2 aromatic rings. The van der Waals surface area contributed by atoms with Gasteiger partial charge in [0.25, 0.3) is 5.91 Å². The minimum atomic E-state index is -0.285. The second kappa shape index (κ2) is 4.44. The van der Waals surface area contributed by atoms with Gasteiger partial charge >= 0.3 is 0 Å². The maximum atomic E-state index is 11.6. The number of amides is 1. The van der Waals surface area contributed by atoms with Gasteiger partial charge in [0.05, 0.1) is 11.2 Å². The lowest BCUT2D eigenvalue weighted by Gasteiger charge is -1.96. The van der Waals surface area contributed by atoms with E-state index < -0.39 is 0 Å². The lowest BCUT2D eigenvalue weighted by Crippen LogP contribution is -2.11. The Labute approximate surface area is 96.5 Å². The van der Waals surface area contributed by atoms with E-state index in [1.54, 1.807) is 17.0 Å². The van der Waals surface area contributed by atoms with Gasteiger partial charge < -0.3 is 4.52 Å². The summed E-state index contributed by atoms with van der Waals surface area (Å²) < 4.78 is 4.99. The van der Waals surface area contributed by atoms with Gasteiger partial charge in [-0.05, 0) is 5.92 Å². The predicted octanol–water partition coefficient (Wildman–Crippen LogP) is 2.51. The van der Waals surface area contributed by atoms with Crippen LogP contribution in [0.5, 0.6) is 0 Å². The Morgan fingerprint density at radius 1 is 1.56 bits per heavy atom. The van der Waals surface area contributed by atoms with E-state index in [0.717, 1.165) is 5.69 Å². The molecule has 84 valence electrons. The van der Waals surface area contributed by atoms with Crippen LogP contribution in [0.3, 0.4) is 0 Å². The number of hydrogen-bond donors (Lipinski definition) is 1. The zero-order valence-electron chi connectivity index (χ0n) is 8.93. The number of thiazole rings is 1. The molecular formula is C10H11N3O2S. The standard InChI is InChI=1S/C10H11N3O2S/c1-6(2)7-3-9(15-13-7)12-10(14)8-4-16-5-11-8/h3-6H,1-2H3,(H,12,14). The fraction of sp³-hybridized carbons (Fsp3) is 0.300. The molecule has 1 amide bonds. The Bertz CT molecular complexity index is 476. The Hall–Kier alpha value is -1.69. The van der Waals surface area contributed by atoms with Gasteiger partial charge in [-0.1, -0.05) is 19.0 Å². The number of hydrogen-bond acceptors (Lipinski definition) is 5. The Kier molecular flexibility index (Phi) is 3.00. The normalized spacial score (nSPS) is 10.7. The van der Waals surface area contributed by atoms with Crippen molar-refractivity contribution in [2.45, 2.75) is 19.8 Å². The topological polar surface area (TPSA) is 68.0 Å². The molecule has 0 bridgehead atoms. The van der Waals surface area contributed by atoms with E-state index in [1.807, 2.05) is 13.8 Å². The second-order valence-electron chi connectivity index (χ2n) is 3.60. The van der Waals surface area contributed by atoms with Gasteiger partial charge in [0, 0.05) is 11.4 Å². The number of anilines is 1. The van der Waals surface area contributed by atoms with Crippen LogP contribution in [0, 0.1) is 0 Å². The maximum absolute atomic E-state index is 11.6. The average Bonchev–Trinajstić information content (AvgIpc) is 2.87. The summed E-state index contributed by atoms with van der Waals surface area (Å²) >= 11 is 1.37. The molecule has 0 aliphatic carbocycles. The van der Waals surface area contributed by atoms with Gasteiger partial charge in [-0.3, -0.25) is 10.1 Å². The maximum Gasteiger partial charge on any atom is 0.277 e. The molecule has 0 saturated carbocycles. The highest BCUT2D eigenvalue weighted by Gasteiger charge is 2.12. The van der Waals surface area contributed by atoms with Gasteiger partial charge in [-0.25, -0.2) is 4.98 Å². The largest absolute Gasteiger partial charge is 0.338 e. The predicted molar refractivity (Wildman–Crippen MR) is 60.7 cm³/mol. The summed E-state index contributed by atoms with van der Waals surface area (Å²) in [5.74, 6) is 0.336. The Morgan fingerprint density at radius 2 is 2.38 bits per heavy atom. The van der Waals surface area contributed by atoms with Crippen molar-refractivity contribution in [3.8, 4) is 0 Å². The van der Waals surface area contributed by atoms with E-state index >= 15 is 0 Å². The van der Waals surface area contributed by atoms with Gasteiger partial charge in [0.15, 0.2) is 0 Å². The lowest BCUT2D eigenvalue weighted by molar-refractivity contribution is 0.102. The minimum absolute atomic E-state index is 0.272. The Balaban J connectivity index is 2.07. The number of nitrogens with zero attached hydrogens (tertiary/aromatic N) is 2. The summed E-state index contributed by atoms with van der Waals surface area (Å²) in [5, 5.41) is 8.11. The highest BCUT2D eigenvalue weighted by atomic mass is 32.1. The first-order valence-corrected chi connectivity index (χ1v) is 5.77. The molecule has 16 heavy (non-hydrogen) atoms. The lowest BCUT2D eigenvalue weighted by atomic mass is 10.1. The van der Waals surface area contributed by atoms with E-state index in [1.165, 1.54) is 11.3 Å². The molecule has 1 N–H and O–H groups in total. The van der Waals surface area contributed by atoms with Gasteiger partial charge in [0.1, 0.15) is 5.69 Å². The molecule has 2 heterocycles. The van der Waals surface area contributed by atoms with E-state index in [4.69, 9.17) is 4.52 Å². The molecule has 0 aliphatic rings. The van der Waals surface area contributed by atoms with Crippen LogP contribution in [0.15, 0.2) is 21.5 Å². The molecule has 0 fully saturated rings. The molecule has 0 spiro atoms. The monoisotopic (exact) mass is 237 g/mol. The number of aromatic nitrogens is 2. The highest BCUT2D eigenvalue weighted by Crippen LogP contribution is 2.17. The first-order chi connectivity index (χ1) is 7.66. The smallest absolute Gasteiger partial charge is 0.277 e. The third-order valence-corrected chi connectivity index (χ3v) is 2.61. The van der Waals surface area contributed by atoms with Gasteiger partial charge in [0.2, 0.25) is 5.88 Å². The van der Waals surface area contributed by atoms with E-state index in [2.05, 4.69) is 15.5 Å². The first-order valence-electron chi connectivity index (χ1n) is 4.83. The third kappa shape index (κ3) is 2.27. The molecule has 0 aliphatic heterocycles. The first kappa shape index (κ1) is 10.8. The number of nitrogens with one attached hydrogen (secondary N) is 1. The van der Waals surface area contributed by atoms with E-state index in [0.29, 0.717) is 11.6 Å². The van der Waals surface area contributed by atoms with E-state index in [9.17, 15) is 4.79 Å². The SMILES string of the molecule is CC(C)c1cc(NC(=O)c2cscn2)on1. The fourth-order valence-corrected chi connectivity index (χ4v) is 1.65. The van der Waals surface area contributed by atoms with Crippen molar-refractivity contribution < 1.29 is 9.32 Å². The highest BCUT2D eigenvalue weighted by molar-refractivity contribution is 7.07. The van der Waals surface area contributed by atoms with Crippen LogP contribution in [0.25, 0.3) is 0 Å². The summed E-state index contributed by atoms with van der Waals surface area (Å²) in [4.78, 5) is 15.5. The molecule has 0 aromatic carbocycles. The van der Waals surface area contributed by atoms with Crippen LogP contribution in [0.4, 0.5) is 5.88 Å². The van der Waals surface area contributed by atoms with Crippen molar-refractivity contribution in [1.29, 1.82) is 0 Å². The van der Waals surface area contributed by atoms with Crippen molar-refractivity contribution in [2.75, 3.05) is 5.32 Å². The van der Waals surface area contributed by atoms with E-state index in [-0.39, 0.29) is 11.8 Å². The molecule has 0 radical (unpaired) electrons. The average molecular weight is 237 g/mol. The third-order valence-electron chi connectivity index (χ3n) is 2.02. The molecule has 6 heteroatoms. The van der Waals surface area contributed by atoms with Crippen LogP contribution in [-0.4, -0.2) is 16.0 Å². The van der Waals surface area contributed by atoms with Crippen molar-refractivity contribution in [3.05, 3.63) is 28.3 Å². The number of carbonyl (C=O) groups excluding carboxylic acids is 1. The summed E-state index contributed by atoms with van der Waals surface area (Å²) in [7, 11) is 0. The number of rotatable bonds is 3. The van der Waals surface area contributed by atoms with Crippen LogP contribution in [0.1, 0.15) is 35.9 Å². The van der Waals surface area contributed by atoms with Crippen molar-refractivity contribution in [1.82, 2.24) is 10.1 Å². The fourth-order valence-electron chi connectivity index (χ4n) is 1.12. The van der Waals surface area contributed by atoms with Crippen molar-refractivity contribution >= 4 is 23.1 Å². The van der Waals surface area contributed by atoms with Gasteiger partial charge in [-0.15, -0.1) is 11.3 Å². The van der Waals surface area contributed by atoms with Gasteiger partial charge in [-0.2, -0.15) is 0 Å². The molecule has 0 saturated heterocycles. The summed E-state index contributed by atoms with van der Waals surface area (Å²) in [6.07, 6.45) is 0.